The van der Waals surface area contributed by atoms with Crippen LogP contribution >= 0.6 is 0 Å². The first-order valence-corrected chi connectivity index (χ1v) is 8.61. The summed E-state index contributed by atoms with van der Waals surface area (Å²) in [5.74, 6) is 0.450. The van der Waals surface area contributed by atoms with Crippen molar-refractivity contribution in [2.24, 2.45) is 0 Å². The fourth-order valence-corrected chi connectivity index (χ4v) is 2.34. The van der Waals surface area contributed by atoms with Gasteiger partial charge in [0.05, 0.1) is 6.61 Å². The van der Waals surface area contributed by atoms with Gasteiger partial charge in [0.25, 0.3) is 0 Å². The molecule has 0 aliphatic heterocycles. The minimum atomic E-state index is -0.328. The summed E-state index contributed by atoms with van der Waals surface area (Å²) in [7, 11) is 0. The second-order valence-electron chi connectivity index (χ2n) is 7.28. The Hall–Kier alpha value is -1.51. The van der Waals surface area contributed by atoms with Gasteiger partial charge in [-0.2, -0.15) is 0 Å². The summed E-state index contributed by atoms with van der Waals surface area (Å²) in [4.78, 5) is 11.6. The molecule has 0 fully saturated rings. The summed E-state index contributed by atoms with van der Waals surface area (Å²) >= 11 is 0. The maximum absolute atomic E-state index is 11.6. The van der Waals surface area contributed by atoms with Gasteiger partial charge in [0.1, 0.15) is 5.75 Å². The lowest BCUT2D eigenvalue weighted by molar-refractivity contribution is -0.145. The maximum atomic E-state index is 11.6. The van der Waals surface area contributed by atoms with Crippen LogP contribution in [0.4, 0.5) is 0 Å². The molecule has 0 atom stereocenters. The predicted octanol–water partition coefficient (Wildman–Crippen LogP) is 5.00. The zero-order valence-electron chi connectivity index (χ0n) is 15.8. The third-order valence-electron chi connectivity index (χ3n) is 4.91. The fourth-order valence-electron chi connectivity index (χ4n) is 2.34. The highest BCUT2D eigenvalue weighted by Crippen LogP contribution is 2.38. The number of benzene rings is 1. The molecule has 1 aromatic rings. The molecule has 130 valence electrons. The highest BCUT2D eigenvalue weighted by atomic mass is 16.6. The Morgan fingerprint density at radius 3 is 2.13 bits per heavy atom. The van der Waals surface area contributed by atoms with Crippen molar-refractivity contribution >= 4 is 5.97 Å². The Balaban J connectivity index is 3.17. The summed E-state index contributed by atoms with van der Waals surface area (Å²) in [6.45, 7) is 15.4. The van der Waals surface area contributed by atoms with Crippen LogP contribution in [0.2, 0.25) is 0 Å². The summed E-state index contributed by atoms with van der Waals surface area (Å²) < 4.78 is 10.7. The lowest BCUT2D eigenvalue weighted by atomic mass is 9.76. The number of hydrogen-bond donors (Lipinski definition) is 0. The molecule has 0 N–H and O–H groups in total. The van der Waals surface area contributed by atoms with E-state index in [4.69, 9.17) is 9.47 Å². The molecular formula is C20H32O3. The normalized spacial score (nSPS) is 12.1. The number of ether oxygens (including phenoxy) is 2. The van der Waals surface area contributed by atoms with Crippen molar-refractivity contribution < 1.29 is 14.3 Å². The molecule has 0 amide bonds. The van der Waals surface area contributed by atoms with E-state index in [0.717, 1.165) is 24.2 Å². The average molecular weight is 320 g/mol. The number of rotatable bonds is 8. The predicted molar refractivity (Wildman–Crippen MR) is 95.2 cm³/mol. The topological polar surface area (TPSA) is 35.5 Å². The van der Waals surface area contributed by atoms with E-state index in [0.29, 0.717) is 6.61 Å². The first-order valence-electron chi connectivity index (χ1n) is 8.61. The van der Waals surface area contributed by atoms with Crippen LogP contribution in [0.15, 0.2) is 18.2 Å². The molecule has 23 heavy (non-hydrogen) atoms. The van der Waals surface area contributed by atoms with Gasteiger partial charge in [-0.05, 0) is 42.2 Å². The molecule has 0 radical (unpaired) electrons. The van der Waals surface area contributed by atoms with E-state index in [1.54, 1.807) is 6.92 Å². The van der Waals surface area contributed by atoms with E-state index in [-0.39, 0.29) is 23.4 Å². The number of carbonyl (C=O) groups excluding carboxylic acids is 1. The first kappa shape index (κ1) is 19.5. The minimum Gasteiger partial charge on any atom is -0.482 e. The van der Waals surface area contributed by atoms with Crippen LogP contribution in [0.5, 0.6) is 5.75 Å². The number of carbonyl (C=O) groups is 1. The second-order valence-corrected chi connectivity index (χ2v) is 7.28. The Labute approximate surface area is 141 Å². The van der Waals surface area contributed by atoms with Gasteiger partial charge in [-0.1, -0.05) is 53.7 Å². The quantitative estimate of drug-likeness (QED) is 0.632. The summed E-state index contributed by atoms with van der Waals surface area (Å²) in [6, 6.07) is 6.35. The highest BCUT2D eigenvalue weighted by molar-refractivity contribution is 5.71. The molecule has 0 spiro atoms. The molecule has 3 heteroatoms. The van der Waals surface area contributed by atoms with Gasteiger partial charge in [-0.25, -0.2) is 4.79 Å². The van der Waals surface area contributed by atoms with E-state index in [1.807, 2.05) is 6.07 Å². The van der Waals surface area contributed by atoms with E-state index < -0.39 is 0 Å². The van der Waals surface area contributed by atoms with Crippen LogP contribution in [-0.2, 0) is 20.4 Å². The van der Waals surface area contributed by atoms with Gasteiger partial charge in [0, 0.05) is 5.56 Å². The molecule has 0 aliphatic carbocycles. The monoisotopic (exact) mass is 320 g/mol. The number of esters is 1. The van der Waals surface area contributed by atoms with Gasteiger partial charge < -0.3 is 9.47 Å². The Kier molecular flexibility index (Phi) is 6.67. The van der Waals surface area contributed by atoms with Gasteiger partial charge in [-0.15, -0.1) is 0 Å². The van der Waals surface area contributed by atoms with Crippen molar-refractivity contribution in [1.29, 1.82) is 0 Å². The van der Waals surface area contributed by atoms with Crippen molar-refractivity contribution in [3.05, 3.63) is 29.3 Å². The summed E-state index contributed by atoms with van der Waals surface area (Å²) in [6.07, 6.45) is 2.07. The van der Waals surface area contributed by atoms with Crippen molar-refractivity contribution in [2.45, 2.75) is 72.1 Å². The van der Waals surface area contributed by atoms with Gasteiger partial charge in [0.15, 0.2) is 6.61 Å². The molecule has 0 saturated carbocycles. The third-order valence-corrected chi connectivity index (χ3v) is 4.91. The van der Waals surface area contributed by atoms with Crippen molar-refractivity contribution in [1.82, 2.24) is 0 Å². The minimum absolute atomic E-state index is 0.0101. The maximum Gasteiger partial charge on any atom is 0.344 e. The van der Waals surface area contributed by atoms with Crippen molar-refractivity contribution in [2.75, 3.05) is 13.2 Å². The van der Waals surface area contributed by atoms with Crippen molar-refractivity contribution in [3.8, 4) is 5.75 Å². The Morgan fingerprint density at radius 2 is 1.61 bits per heavy atom. The zero-order valence-corrected chi connectivity index (χ0v) is 15.8. The standard InChI is InChI=1S/C20H32O3/c1-8-19(4,5)15-11-12-17(23-14-18(21)22-10-3)16(13-15)20(6,7)9-2/h11-13H,8-10,14H2,1-7H3. The summed E-state index contributed by atoms with van der Waals surface area (Å²) in [5, 5.41) is 0. The molecule has 1 rings (SSSR count). The lowest BCUT2D eigenvalue weighted by Gasteiger charge is -2.30. The highest BCUT2D eigenvalue weighted by Gasteiger charge is 2.26. The van der Waals surface area contributed by atoms with Crippen LogP contribution in [0.25, 0.3) is 0 Å². The van der Waals surface area contributed by atoms with Gasteiger partial charge >= 0.3 is 5.97 Å². The molecule has 0 heterocycles. The van der Waals surface area contributed by atoms with E-state index in [2.05, 4.69) is 53.7 Å². The average Bonchev–Trinajstić information content (AvgIpc) is 2.53. The Bertz CT molecular complexity index is 530. The summed E-state index contributed by atoms with van der Waals surface area (Å²) in [5.41, 5.74) is 2.57. The lowest BCUT2D eigenvalue weighted by Crippen LogP contribution is -2.22. The molecular weight excluding hydrogens is 288 g/mol. The van der Waals surface area contributed by atoms with Crippen LogP contribution in [0, 0.1) is 0 Å². The molecule has 1 aromatic carbocycles. The molecule has 0 bridgehead atoms. The molecule has 0 aliphatic rings. The van der Waals surface area contributed by atoms with Crippen LogP contribution < -0.4 is 4.74 Å². The third kappa shape index (κ3) is 4.98. The van der Waals surface area contributed by atoms with E-state index in [9.17, 15) is 4.79 Å². The Morgan fingerprint density at radius 1 is 1.00 bits per heavy atom. The number of hydrogen-bond acceptors (Lipinski definition) is 3. The SMILES string of the molecule is CCOC(=O)COc1ccc(C(C)(C)CC)cc1C(C)(C)CC. The van der Waals surface area contributed by atoms with Gasteiger partial charge in [0.2, 0.25) is 0 Å². The van der Waals surface area contributed by atoms with E-state index >= 15 is 0 Å². The largest absolute Gasteiger partial charge is 0.482 e. The zero-order chi connectivity index (χ0) is 17.7. The smallest absolute Gasteiger partial charge is 0.344 e. The van der Waals surface area contributed by atoms with Crippen molar-refractivity contribution in [3.63, 3.8) is 0 Å². The van der Waals surface area contributed by atoms with Crippen LogP contribution in [0.3, 0.4) is 0 Å². The van der Waals surface area contributed by atoms with E-state index in [1.165, 1.54) is 5.56 Å². The molecule has 0 aromatic heterocycles. The second kappa shape index (κ2) is 7.85. The van der Waals surface area contributed by atoms with Crippen LogP contribution in [0.1, 0.15) is 72.4 Å². The molecule has 0 unspecified atom stereocenters. The first-order chi connectivity index (χ1) is 10.7. The van der Waals surface area contributed by atoms with Gasteiger partial charge in [-0.3, -0.25) is 0 Å². The molecule has 3 nitrogen and oxygen atoms in total. The molecule has 0 saturated heterocycles. The fraction of sp³-hybridized carbons (Fsp3) is 0.650. The van der Waals surface area contributed by atoms with Crippen LogP contribution in [-0.4, -0.2) is 19.2 Å².